The molecule has 152 valence electrons. The fraction of sp³-hybridized carbons (Fsp3) is 0.905. The van der Waals surface area contributed by atoms with Crippen molar-refractivity contribution in [2.75, 3.05) is 52.9 Å². The highest BCUT2D eigenvalue weighted by Crippen LogP contribution is 2.48. The van der Waals surface area contributed by atoms with Crippen molar-refractivity contribution in [2.45, 2.75) is 51.5 Å². The van der Waals surface area contributed by atoms with Crippen LogP contribution in [-0.2, 0) is 4.79 Å². The van der Waals surface area contributed by atoms with Crippen LogP contribution in [0.15, 0.2) is 4.99 Å². The van der Waals surface area contributed by atoms with Crippen molar-refractivity contribution < 1.29 is 4.79 Å². The lowest BCUT2D eigenvalue weighted by atomic mass is 9.98. The molecule has 4 rings (SSSR count). The number of amides is 1. The molecule has 6 nitrogen and oxygen atoms in total. The second-order valence-corrected chi connectivity index (χ2v) is 9.00. The number of guanidine groups is 1. The van der Waals surface area contributed by atoms with Gasteiger partial charge in [0.25, 0.3) is 0 Å². The zero-order valence-electron chi connectivity index (χ0n) is 17.2. The highest BCUT2D eigenvalue weighted by atomic mass is 16.2. The van der Waals surface area contributed by atoms with E-state index in [0.29, 0.717) is 5.91 Å². The van der Waals surface area contributed by atoms with E-state index >= 15 is 0 Å². The minimum absolute atomic E-state index is 0.00865. The van der Waals surface area contributed by atoms with Gasteiger partial charge in [-0.25, -0.2) is 0 Å². The molecule has 2 saturated carbocycles. The van der Waals surface area contributed by atoms with Crippen LogP contribution in [0.2, 0.25) is 0 Å². The molecule has 1 atom stereocenters. The zero-order valence-corrected chi connectivity index (χ0v) is 17.2. The Morgan fingerprint density at radius 1 is 0.963 bits per heavy atom. The fourth-order valence-corrected chi connectivity index (χ4v) is 4.99. The number of carbonyl (C=O) groups excluding carboxylic acids is 1. The maximum atomic E-state index is 12.7. The van der Waals surface area contributed by atoms with E-state index in [-0.39, 0.29) is 6.04 Å². The average molecular weight is 376 g/mol. The van der Waals surface area contributed by atoms with E-state index in [0.717, 1.165) is 82.4 Å². The summed E-state index contributed by atoms with van der Waals surface area (Å²) in [5.41, 5.74) is 0. The van der Waals surface area contributed by atoms with Crippen molar-refractivity contribution in [3.05, 3.63) is 0 Å². The molecule has 0 aromatic heterocycles. The van der Waals surface area contributed by atoms with Gasteiger partial charge in [0.2, 0.25) is 5.91 Å². The Morgan fingerprint density at radius 2 is 1.56 bits per heavy atom. The third-order valence-corrected chi connectivity index (χ3v) is 7.10. The first kappa shape index (κ1) is 19.0. The summed E-state index contributed by atoms with van der Waals surface area (Å²) in [5, 5.41) is 3.68. The van der Waals surface area contributed by atoms with Crippen molar-refractivity contribution in [1.29, 1.82) is 0 Å². The Labute approximate surface area is 164 Å². The van der Waals surface area contributed by atoms with Gasteiger partial charge in [-0.05, 0) is 63.2 Å². The topological polar surface area (TPSA) is 51.2 Å². The molecule has 6 heteroatoms. The molecule has 2 saturated heterocycles. The Bertz CT molecular complexity index is 531. The number of likely N-dealkylation sites (tertiary alicyclic amines) is 1. The number of hydrogen-bond donors (Lipinski definition) is 1. The van der Waals surface area contributed by atoms with Crippen molar-refractivity contribution >= 4 is 11.9 Å². The van der Waals surface area contributed by atoms with Gasteiger partial charge >= 0.3 is 0 Å². The molecule has 0 aromatic carbocycles. The molecule has 27 heavy (non-hydrogen) atoms. The maximum absolute atomic E-state index is 12.7. The van der Waals surface area contributed by atoms with Crippen molar-refractivity contribution in [3.8, 4) is 0 Å². The second kappa shape index (κ2) is 8.38. The smallest absolute Gasteiger partial charge is 0.239 e. The van der Waals surface area contributed by atoms with Gasteiger partial charge < -0.3 is 15.1 Å². The predicted octanol–water partition coefficient (Wildman–Crippen LogP) is 1.63. The molecule has 1 unspecified atom stereocenters. The van der Waals surface area contributed by atoms with Crippen LogP contribution >= 0.6 is 0 Å². The van der Waals surface area contributed by atoms with E-state index in [1.54, 1.807) is 0 Å². The molecule has 1 amide bonds. The van der Waals surface area contributed by atoms with E-state index in [1.807, 2.05) is 11.9 Å². The SMILES string of the molecule is CN=C(NCC(C1CC1)C1CC1)N1CCN(C(C)C(=O)N2CCCC2)CC1. The van der Waals surface area contributed by atoms with Crippen LogP contribution in [-0.4, -0.2) is 85.5 Å². The molecular formula is C21H37N5O. The largest absolute Gasteiger partial charge is 0.356 e. The van der Waals surface area contributed by atoms with E-state index in [4.69, 9.17) is 0 Å². The number of piperazine rings is 1. The molecule has 4 fully saturated rings. The summed E-state index contributed by atoms with van der Waals surface area (Å²) in [6.07, 6.45) is 8.06. The molecule has 1 N–H and O–H groups in total. The zero-order chi connectivity index (χ0) is 18.8. The Balaban J connectivity index is 1.24. The van der Waals surface area contributed by atoms with Crippen LogP contribution in [0.4, 0.5) is 0 Å². The van der Waals surface area contributed by atoms with Crippen molar-refractivity contribution in [1.82, 2.24) is 20.0 Å². The molecule has 0 spiro atoms. The van der Waals surface area contributed by atoms with Gasteiger partial charge in [0.05, 0.1) is 6.04 Å². The van der Waals surface area contributed by atoms with E-state index < -0.39 is 0 Å². The summed E-state index contributed by atoms with van der Waals surface area (Å²) in [6.45, 7) is 8.85. The van der Waals surface area contributed by atoms with Crippen LogP contribution in [0.5, 0.6) is 0 Å². The molecule has 2 aliphatic carbocycles. The van der Waals surface area contributed by atoms with Gasteiger partial charge in [-0.1, -0.05) is 0 Å². The van der Waals surface area contributed by atoms with Gasteiger partial charge in [0, 0.05) is 52.9 Å². The summed E-state index contributed by atoms with van der Waals surface area (Å²) in [7, 11) is 1.90. The third-order valence-electron chi connectivity index (χ3n) is 7.10. The summed E-state index contributed by atoms with van der Waals surface area (Å²) in [6, 6.07) is 0.00865. The molecule has 0 aromatic rings. The summed E-state index contributed by atoms with van der Waals surface area (Å²) in [4.78, 5) is 24.0. The minimum atomic E-state index is 0.00865. The van der Waals surface area contributed by atoms with E-state index in [1.165, 1.54) is 25.7 Å². The second-order valence-electron chi connectivity index (χ2n) is 9.00. The average Bonchev–Trinajstić information content (AvgIpc) is 3.64. The number of nitrogens with zero attached hydrogens (tertiary/aromatic N) is 4. The monoisotopic (exact) mass is 375 g/mol. The summed E-state index contributed by atoms with van der Waals surface area (Å²) >= 11 is 0. The van der Waals surface area contributed by atoms with Crippen LogP contribution in [0.3, 0.4) is 0 Å². The van der Waals surface area contributed by atoms with Crippen molar-refractivity contribution in [2.24, 2.45) is 22.7 Å². The van der Waals surface area contributed by atoms with Crippen LogP contribution < -0.4 is 5.32 Å². The lowest BCUT2D eigenvalue weighted by Gasteiger charge is -2.39. The van der Waals surface area contributed by atoms with E-state index in [2.05, 4.69) is 27.0 Å². The molecule has 0 radical (unpaired) electrons. The molecule has 4 aliphatic rings. The maximum Gasteiger partial charge on any atom is 0.239 e. The summed E-state index contributed by atoms with van der Waals surface area (Å²) < 4.78 is 0. The quantitative estimate of drug-likeness (QED) is 0.566. The van der Waals surface area contributed by atoms with Gasteiger partial charge in [0.1, 0.15) is 0 Å². The Hall–Kier alpha value is -1.30. The number of rotatable bonds is 6. The first-order chi connectivity index (χ1) is 13.2. The highest BCUT2D eigenvalue weighted by Gasteiger charge is 2.41. The number of nitrogens with one attached hydrogen (secondary N) is 1. The predicted molar refractivity (Wildman–Crippen MR) is 109 cm³/mol. The Morgan fingerprint density at radius 3 is 2.07 bits per heavy atom. The van der Waals surface area contributed by atoms with Crippen molar-refractivity contribution in [3.63, 3.8) is 0 Å². The van der Waals surface area contributed by atoms with Gasteiger partial charge in [0.15, 0.2) is 5.96 Å². The number of carbonyl (C=O) groups is 1. The van der Waals surface area contributed by atoms with Gasteiger partial charge in [-0.2, -0.15) is 0 Å². The third kappa shape index (κ3) is 4.58. The van der Waals surface area contributed by atoms with Crippen LogP contribution in [0, 0.1) is 17.8 Å². The lowest BCUT2D eigenvalue weighted by molar-refractivity contribution is -0.135. The highest BCUT2D eigenvalue weighted by molar-refractivity contribution is 5.82. The number of aliphatic imine (C=N–C) groups is 1. The minimum Gasteiger partial charge on any atom is -0.356 e. The summed E-state index contributed by atoms with van der Waals surface area (Å²) in [5.74, 6) is 4.18. The van der Waals surface area contributed by atoms with Crippen LogP contribution in [0.25, 0.3) is 0 Å². The van der Waals surface area contributed by atoms with Crippen LogP contribution in [0.1, 0.15) is 45.4 Å². The standard InChI is InChI=1S/C21H37N5O/c1-16(20(27)25-9-3-4-10-25)24-11-13-26(14-12-24)21(22-2)23-15-19(17-5-6-17)18-7-8-18/h16-19H,3-15H2,1-2H3,(H,22,23). The van der Waals surface area contributed by atoms with Gasteiger partial charge in [-0.15, -0.1) is 0 Å². The first-order valence-electron chi connectivity index (χ1n) is 11.2. The van der Waals surface area contributed by atoms with E-state index in [9.17, 15) is 4.79 Å². The number of hydrogen-bond acceptors (Lipinski definition) is 3. The Kier molecular flexibility index (Phi) is 5.90. The first-order valence-corrected chi connectivity index (χ1v) is 11.2. The molecular weight excluding hydrogens is 338 g/mol. The van der Waals surface area contributed by atoms with Gasteiger partial charge in [-0.3, -0.25) is 14.7 Å². The lowest BCUT2D eigenvalue weighted by Crippen LogP contribution is -2.57. The molecule has 2 aliphatic heterocycles. The molecule has 2 heterocycles. The normalized spacial score (nSPS) is 26.0. The molecule has 0 bridgehead atoms. The fourth-order valence-electron chi connectivity index (χ4n) is 4.99.